The standard InChI is InChI=1S/C15H20Cl2N2O/c1-10-5-11(2)8-19(7-10)9-15(20)18-14-6-12(16)3-4-13(14)17/h3-4,6,10-11H,5,7-9H2,1-2H3,(H,18,20)/t10-,11-/m0/s1. The minimum atomic E-state index is -0.0459. The van der Waals surface area contributed by atoms with Crippen molar-refractivity contribution < 1.29 is 4.79 Å². The number of benzene rings is 1. The van der Waals surface area contributed by atoms with Crippen LogP contribution in [0.2, 0.25) is 10.0 Å². The van der Waals surface area contributed by atoms with E-state index in [1.807, 2.05) is 0 Å². The fourth-order valence-electron chi connectivity index (χ4n) is 2.91. The smallest absolute Gasteiger partial charge is 0.238 e. The third-order valence-corrected chi connectivity index (χ3v) is 4.08. The Hall–Kier alpha value is -0.770. The van der Waals surface area contributed by atoms with Crippen molar-refractivity contribution in [3.8, 4) is 0 Å². The Labute approximate surface area is 130 Å². The summed E-state index contributed by atoms with van der Waals surface area (Å²) in [5.74, 6) is 1.23. The van der Waals surface area contributed by atoms with Crippen LogP contribution in [-0.4, -0.2) is 30.4 Å². The molecule has 1 aliphatic rings. The Bertz CT molecular complexity index is 483. The van der Waals surface area contributed by atoms with E-state index in [9.17, 15) is 4.79 Å². The molecule has 1 saturated heterocycles. The molecule has 1 aromatic rings. The molecule has 1 aromatic carbocycles. The van der Waals surface area contributed by atoms with Gasteiger partial charge in [-0.15, -0.1) is 0 Å². The third kappa shape index (κ3) is 4.37. The fraction of sp³-hybridized carbons (Fsp3) is 0.533. The molecule has 2 atom stereocenters. The predicted molar refractivity (Wildman–Crippen MR) is 84.5 cm³/mol. The maximum Gasteiger partial charge on any atom is 0.238 e. The van der Waals surface area contributed by atoms with Crippen molar-refractivity contribution in [1.29, 1.82) is 0 Å². The largest absolute Gasteiger partial charge is 0.324 e. The Kier molecular flexibility index (Phi) is 5.30. The van der Waals surface area contributed by atoms with Crippen LogP contribution in [0.1, 0.15) is 20.3 Å². The van der Waals surface area contributed by atoms with Crippen LogP contribution in [0.3, 0.4) is 0 Å². The number of nitrogens with one attached hydrogen (secondary N) is 1. The first-order chi connectivity index (χ1) is 9.44. The van der Waals surface area contributed by atoms with Gasteiger partial charge in [0.25, 0.3) is 0 Å². The highest BCUT2D eigenvalue weighted by Gasteiger charge is 2.23. The number of hydrogen-bond donors (Lipinski definition) is 1. The van der Waals surface area contributed by atoms with Gasteiger partial charge in [-0.3, -0.25) is 9.69 Å². The van der Waals surface area contributed by atoms with E-state index in [4.69, 9.17) is 23.2 Å². The van der Waals surface area contributed by atoms with Gasteiger partial charge in [0, 0.05) is 18.1 Å². The fourth-order valence-corrected chi connectivity index (χ4v) is 3.24. The zero-order valence-electron chi connectivity index (χ0n) is 11.8. The van der Waals surface area contributed by atoms with Gasteiger partial charge in [0.15, 0.2) is 0 Å². The first kappa shape index (κ1) is 15.6. The summed E-state index contributed by atoms with van der Waals surface area (Å²) in [7, 11) is 0. The minimum absolute atomic E-state index is 0.0459. The summed E-state index contributed by atoms with van der Waals surface area (Å²) in [4.78, 5) is 14.3. The second-order valence-electron chi connectivity index (χ2n) is 5.81. The second-order valence-corrected chi connectivity index (χ2v) is 6.66. The molecule has 20 heavy (non-hydrogen) atoms. The molecule has 1 N–H and O–H groups in total. The van der Waals surface area contributed by atoms with Crippen LogP contribution in [0.25, 0.3) is 0 Å². The van der Waals surface area contributed by atoms with Gasteiger partial charge >= 0.3 is 0 Å². The summed E-state index contributed by atoms with van der Waals surface area (Å²) in [5, 5.41) is 3.89. The molecule has 0 unspecified atom stereocenters. The van der Waals surface area contributed by atoms with Crippen LogP contribution in [0.15, 0.2) is 18.2 Å². The van der Waals surface area contributed by atoms with Gasteiger partial charge in [-0.1, -0.05) is 37.0 Å². The lowest BCUT2D eigenvalue weighted by Crippen LogP contribution is -2.42. The van der Waals surface area contributed by atoms with E-state index in [-0.39, 0.29) is 5.91 Å². The summed E-state index contributed by atoms with van der Waals surface area (Å²) < 4.78 is 0. The van der Waals surface area contributed by atoms with Gasteiger partial charge in [0.1, 0.15) is 0 Å². The molecule has 1 fully saturated rings. The molecular formula is C15H20Cl2N2O. The van der Waals surface area contributed by atoms with Crippen molar-refractivity contribution in [2.45, 2.75) is 20.3 Å². The summed E-state index contributed by atoms with van der Waals surface area (Å²) in [6.45, 7) is 6.81. The SMILES string of the molecule is C[C@H]1C[C@H](C)CN(CC(=O)Nc2cc(Cl)ccc2Cl)C1. The summed E-state index contributed by atoms with van der Waals surface area (Å²) in [6.07, 6.45) is 1.23. The lowest BCUT2D eigenvalue weighted by Gasteiger charge is -2.34. The molecule has 5 heteroatoms. The Morgan fingerprint density at radius 2 is 1.95 bits per heavy atom. The lowest BCUT2D eigenvalue weighted by molar-refractivity contribution is -0.117. The average Bonchev–Trinajstić information content (AvgIpc) is 2.32. The molecule has 0 saturated carbocycles. The van der Waals surface area contributed by atoms with Crippen LogP contribution in [0, 0.1) is 11.8 Å². The topological polar surface area (TPSA) is 32.3 Å². The third-order valence-electron chi connectivity index (χ3n) is 3.51. The molecule has 0 aliphatic carbocycles. The first-order valence-corrected chi connectivity index (χ1v) is 7.67. The Morgan fingerprint density at radius 1 is 1.30 bits per heavy atom. The van der Waals surface area contributed by atoms with Crippen LogP contribution < -0.4 is 5.32 Å². The second kappa shape index (κ2) is 6.79. The molecule has 110 valence electrons. The molecule has 0 bridgehead atoms. The van der Waals surface area contributed by atoms with Crippen LogP contribution in [-0.2, 0) is 4.79 Å². The Balaban J connectivity index is 1.93. The van der Waals surface area contributed by atoms with Gasteiger partial charge < -0.3 is 5.32 Å². The number of carbonyl (C=O) groups excluding carboxylic acids is 1. The first-order valence-electron chi connectivity index (χ1n) is 6.91. The van der Waals surface area contributed by atoms with E-state index in [1.165, 1.54) is 6.42 Å². The molecular weight excluding hydrogens is 295 g/mol. The van der Waals surface area contributed by atoms with Crippen molar-refractivity contribution in [1.82, 2.24) is 4.90 Å². The van der Waals surface area contributed by atoms with E-state index in [0.29, 0.717) is 34.1 Å². The van der Waals surface area contributed by atoms with Crippen LogP contribution in [0.5, 0.6) is 0 Å². The van der Waals surface area contributed by atoms with Gasteiger partial charge in [-0.2, -0.15) is 0 Å². The van der Waals surface area contributed by atoms with Crippen molar-refractivity contribution in [3.05, 3.63) is 28.2 Å². The number of hydrogen-bond acceptors (Lipinski definition) is 2. The number of anilines is 1. The van der Waals surface area contributed by atoms with Gasteiger partial charge in [0.2, 0.25) is 5.91 Å². The highest BCUT2D eigenvalue weighted by molar-refractivity contribution is 6.35. The monoisotopic (exact) mass is 314 g/mol. The van der Waals surface area contributed by atoms with E-state index in [2.05, 4.69) is 24.1 Å². The van der Waals surface area contributed by atoms with Gasteiger partial charge in [-0.05, 0) is 36.5 Å². The number of halogens is 2. The number of amides is 1. The minimum Gasteiger partial charge on any atom is -0.324 e. The highest BCUT2D eigenvalue weighted by atomic mass is 35.5. The van der Waals surface area contributed by atoms with Gasteiger partial charge in [-0.25, -0.2) is 0 Å². The van der Waals surface area contributed by atoms with E-state index in [1.54, 1.807) is 18.2 Å². The quantitative estimate of drug-likeness (QED) is 0.917. The summed E-state index contributed by atoms with van der Waals surface area (Å²) in [6, 6.07) is 5.06. The predicted octanol–water partition coefficient (Wildman–Crippen LogP) is 3.91. The maximum absolute atomic E-state index is 12.1. The van der Waals surface area contributed by atoms with Crippen LogP contribution >= 0.6 is 23.2 Å². The average molecular weight is 315 g/mol. The molecule has 0 aromatic heterocycles. The van der Waals surface area contributed by atoms with E-state index >= 15 is 0 Å². The molecule has 3 nitrogen and oxygen atoms in total. The van der Waals surface area contributed by atoms with Crippen molar-refractivity contribution >= 4 is 34.8 Å². The summed E-state index contributed by atoms with van der Waals surface area (Å²) >= 11 is 12.0. The van der Waals surface area contributed by atoms with Gasteiger partial charge in [0.05, 0.1) is 17.3 Å². The molecule has 0 radical (unpaired) electrons. The highest BCUT2D eigenvalue weighted by Crippen LogP contribution is 2.25. The zero-order chi connectivity index (χ0) is 14.7. The molecule has 1 amide bonds. The number of carbonyl (C=O) groups is 1. The number of rotatable bonds is 3. The summed E-state index contributed by atoms with van der Waals surface area (Å²) in [5.41, 5.74) is 0.572. The van der Waals surface area contributed by atoms with Crippen molar-refractivity contribution in [2.75, 3.05) is 25.0 Å². The Morgan fingerprint density at radius 3 is 2.60 bits per heavy atom. The normalized spacial score (nSPS) is 23.6. The number of piperidine rings is 1. The maximum atomic E-state index is 12.1. The zero-order valence-corrected chi connectivity index (χ0v) is 13.3. The van der Waals surface area contributed by atoms with E-state index in [0.717, 1.165) is 13.1 Å². The number of likely N-dealkylation sites (tertiary alicyclic amines) is 1. The molecule has 0 spiro atoms. The molecule has 2 rings (SSSR count). The number of nitrogens with zero attached hydrogens (tertiary/aromatic N) is 1. The van der Waals surface area contributed by atoms with Crippen molar-refractivity contribution in [2.24, 2.45) is 11.8 Å². The molecule has 1 heterocycles. The van der Waals surface area contributed by atoms with Crippen LogP contribution in [0.4, 0.5) is 5.69 Å². The van der Waals surface area contributed by atoms with E-state index < -0.39 is 0 Å². The van der Waals surface area contributed by atoms with Crippen molar-refractivity contribution in [3.63, 3.8) is 0 Å². The molecule has 1 aliphatic heterocycles. The lowest BCUT2D eigenvalue weighted by atomic mass is 9.92.